The molecule has 0 unspecified atom stereocenters. The maximum Gasteiger partial charge on any atom is 0.354 e. The van der Waals surface area contributed by atoms with Gasteiger partial charge in [-0.2, -0.15) is 0 Å². The van der Waals surface area contributed by atoms with E-state index in [2.05, 4.69) is 25.3 Å². The molecule has 1 aliphatic rings. The summed E-state index contributed by atoms with van der Waals surface area (Å²) in [5.41, 5.74) is 1.87. The van der Waals surface area contributed by atoms with Gasteiger partial charge in [-0.15, -0.1) is 11.3 Å². The number of amides is 1. The summed E-state index contributed by atoms with van der Waals surface area (Å²) in [5, 5.41) is 8.62. The zero-order valence-electron chi connectivity index (χ0n) is 14.1. The number of hydrogen-bond acceptors (Lipinski definition) is 6. The van der Waals surface area contributed by atoms with Crippen molar-refractivity contribution in [2.24, 2.45) is 5.92 Å². The number of ether oxygens (including phenoxy) is 1. The number of thiazole rings is 1. The van der Waals surface area contributed by atoms with E-state index < -0.39 is 5.97 Å². The molecule has 25 heavy (non-hydrogen) atoms. The van der Waals surface area contributed by atoms with Gasteiger partial charge >= 0.3 is 5.97 Å². The van der Waals surface area contributed by atoms with Crippen LogP contribution in [-0.2, 0) is 9.53 Å². The van der Waals surface area contributed by atoms with Crippen molar-refractivity contribution in [1.29, 1.82) is 0 Å². The molecule has 1 aliphatic heterocycles. The maximum atomic E-state index is 12.1. The average Bonchev–Trinajstić information content (AvgIpc) is 3.29. The van der Waals surface area contributed by atoms with Crippen LogP contribution in [0.25, 0.3) is 11.3 Å². The first-order valence-corrected chi connectivity index (χ1v) is 9.27. The Hall–Kier alpha value is -2.19. The zero-order chi connectivity index (χ0) is 17.6. The molecule has 1 saturated heterocycles. The van der Waals surface area contributed by atoms with Crippen LogP contribution in [0.1, 0.15) is 36.2 Å². The van der Waals surface area contributed by atoms with Gasteiger partial charge in [-0.25, -0.2) is 9.78 Å². The number of rotatable bonds is 6. The van der Waals surface area contributed by atoms with Gasteiger partial charge in [0.15, 0.2) is 5.13 Å². The molecule has 0 radical (unpaired) electrons. The van der Waals surface area contributed by atoms with Gasteiger partial charge in [0.25, 0.3) is 0 Å². The predicted octanol–water partition coefficient (Wildman–Crippen LogP) is 2.64. The Morgan fingerprint density at radius 3 is 2.96 bits per heavy atom. The highest BCUT2D eigenvalue weighted by atomic mass is 32.1. The first-order valence-electron chi connectivity index (χ1n) is 8.39. The number of nitrogens with one attached hydrogen (secondary N) is 3. The number of aromatic amines is 1. The van der Waals surface area contributed by atoms with Crippen molar-refractivity contribution in [1.82, 2.24) is 15.3 Å². The van der Waals surface area contributed by atoms with E-state index in [1.807, 2.05) is 5.38 Å². The Morgan fingerprint density at radius 1 is 1.40 bits per heavy atom. The summed E-state index contributed by atoms with van der Waals surface area (Å²) in [4.78, 5) is 30.9. The third-order valence-electron chi connectivity index (χ3n) is 4.37. The minimum atomic E-state index is -0.423. The number of nitrogens with zero attached hydrogens (tertiary/aromatic N) is 1. The smallest absolute Gasteiger partial charge is 0.354 e. The fourth-order valence-corrected chi connectivity index (χ4v) is 3.66. The number of methoxy groups -OCH3 is 1. The van der Waals surface area contributed by atoms with Gasteiger partial charge in [-0.1, -0.05) is 0 Å². The minimum absolute atomic E-state index is 0.00347. The van der Waals surface area contributed by atoms with Crippen LogP contribution in [0.4, 0.5) is 5.13 Å². The number of carbonyl (C=O) groups excluding carboxylic acids is 2. The molecule has 0 atom stereocenters. The predicted molar refractivity (Wildman–Crippen MR) is 96.7 cm³/mol. The second kappa shape index (κ2) is 8.26. The summed E-state index contributed by atoms with van der Waals surface area (Å²) in [6, 6.07) is 1.68. The van der Waals surface area contributed by atoms with Crippen LogP contribution in [0.2, 0.25) is 0 Å². The standard InChI is InChI=1S/C17H22N4O3S/c1-24-16(23)13-8-12(9-19-13)14-10-25-17(20-14)21-15(22)3-2-11-4-6-18-7-5-11/h8-11,18-19H,2-7H2,1H3,(H,20,21,22). The van der Waals surface area contributed by atoms with Gasteiger partial charge in [-0.3, -0.25) is 4.79 Å². The fourth-order valence-electron chi connectivity index (χ4n) is 2.92. The Labute approximate surface area is 150 Å². The van der Waals surface area contributed by atoms with Crippen molar-refractivity contribution in [3.63, 3.8) is 0 Å². The van der Waals surface area contributed by atoms with Crippen LogP contribution in [0.5, 0.6) is 0 Å². The molecule has 3 rings (SSSR count). The molecule has 2 aromatic heterocycles. The lowest BCUT2D eigenvalue weighted by Gasteiger charge is -2.21. The molecule has 2 aromatic rings. The molecule has 134 valence electrons. The van der Waals surface area contributed by atoms with E-state index in [1.165, 1.54) is 18.4 Å². The molecule has 3 heterocycles. The van der Waals surface area contributed by atoms with E-state index in [0.29, 0.717) is 28.9 Å². The maximum absolute atomic E-state index is 12.1. The third-order valence-corrected chi connectivity index (χ3v) is 5.13. The zero-order valence-corrected chi connectivity index (χ0v) is 14.9. The monoisotopic (exact) mass is 362 g/mol. The lowest BCUT2D eigenvalue weighted by molar-refractivity contribution is -0.116. The minimum Gasteiger partial charge on any atom is -0.464 e. The van der Waals surface area contributed by atoms with Gasteiger partial charge in [0.05, 0.1) is 12.8 Å². The average molecular weight is 362 g/mol. The molecule has 7 nitrogen and oxygen atoms in total. The van der Waals surface area contributed by atoms with Crippen LogP contribution < -0.4 is 10.6 Å². The molecule has 0 bridgehead atoms. The van der Waals surface area contributed by atoms with Gasteiger partial charge in [-0.05, 0) is 44.3 Å². The SMILES string of the molecule is COC(=O)c1cc(-c2csc(NC(=O)CCC3CCNCC3)n2)c[nH]1. The fraction of sp³-hybridized carbons (Fsp3) is 0.471. The van der Waals surface area contributed by atoms with Crippen molar-refractivity contribution < 1.29 is 14.3 Å². The molecule has 0 aliphatic carbocycles. The van der Waals surface area contributed by atoms with E-state index in [4.69, 9.17) is 0 Å². The molecule has 8 heteroatoms. The number of aromatic nitrogens is 2. The topological polar surface area (TPSA) is 96.1 Å². The van der Waals surface area contributed by atoms with Crippen LogP contribution in [0.3, 0.4) is 0 Å². The Balaban J connectivity index is 1.53. The van der Waals surface area contributed by atoms with Crippen molar-refractivity contribution in [2.75, 3.05) is 25.5 Å². The summed E-state index contributed by atoms with van der Waals surface area (Å²) >= 11 is 1.37. The Bertz CT molecular complexity index is 734. The molecular weight excluding hydrogens is 340 g/mol. The van der Waals surface area contributed by atoms with Crippen molar-refractivity contribution >= 4 is 28.3 Å². The summed E-state index contributed by atoms with van der Waals surface area (Å²) in [6.45, 7) is 2.10. The quantitative estimate of drug-likeness (QED) is 0.687. The summed E-state index contributed by atoms with van der Waals surface area (Å²) in [6.07, 6.45) is 5.43. The van der Waals surface area contributed by atoms with E-state index in [-0.39, 0.29) is 5.91 Å². The van der Waals surface area contributed by atoms with Crippen LogP contribution in [0.15, 0.2) is 17.6 Å². The summed E-state index contributed by atoms with van der Waals surface area (Å²) in [5.74, 6) is 0.215. The third kappa shape index (κ3) is 4.67. The van der Waals surface area contributed by atoms with Crippen molar-refractivity contribution in [3.8, 4) is 11.3 Å². The number of hydrogen-bond donors (Lipinski definition) is 3. The van der Waals surface area contributed by atoms with E-state index in [0.717, 1.165) is 37.9 Å². The largest absolute Gasteiger partial charge is 0.464 e. The van der Waals surface area contributed by atoms with E-state index in [9.17, 15) is 9.59 Å². The highest BCUT2D eigenvalue weighted by Crippen LogP contribution is 2.26. The lowest BCUT2D eigenvalue weighted by atomic mass is 9.93. The first kappa shape index (κ1) is 17.6. The highest BCUT2D eigenvalue weighted by Gasteiger charge is 2.16. The highest BCUT2D eigenvalue weighted by molar-refractivity contribution is 7.14. The molecule has 3 N–H and O–H groups in total. The summed E-state index contributed by atoms with van der Waals surface area (Å²) < 4.78 is 4.67. The number of piperidine rings is 1. The Kier molecular flexibility index (Phi) is 5.83. The molecule has 0 saturated carbocycles. The lowest BCUT2D eigenvalue weighted by Crippen LogP contribution is -2.28. The summed E-state index contributed by atoms with van der Waals surface area (Å²) in [7, 11) is 1.34. The van der Waals surface area contributed by atoms with Crippen LogP contribution in [-0.4, -0.2) is 42.0 Å². The van der Waals surface area contributed by atoms with E-state index >= 15 is 0 Å². The van der Waals surface area contributed by atoms with Gasteiger partial charge in [0.1, 0.15) is 5.69 Å². The van der Waals surface area contributed by atoms with Crippen LogP contribution in [0, 0.1) is 5.92 Å². The van der Waals surface area contributed by atoms with Gasteiger partial charge < -0.3 is 20.4 Å². The molecule has 1 fully saturated rings. The molecule has 0 aromatic carbocycles. The van der Waals surface area contributed by atoms with Gasteiger partial charge in [0, 0.05) is 23.6 Å². The van der Waals surface area contributed by atoms with Gasteiger partial charge in [0.2, 0.25) is 5.91 Å². The second-order valence-corrected chi connectivity index (χ2v) is 6.97. The second-order valence-electron chi connectivity index (χ2n) is 6.11. The molecule has 0 spiro atoms. The first-order chi connectivity index (χ1) is 12.2. The van der Waals surface area contributed by atoms with E-state index in [1.54, 1.807) is 12.3 Å². The molecule has 1 amide bonds. The number of carbonyl (C=O) groups is 2. The number of anilines is 1. The number of esters is 1. The van der Waals surface area contributed by atoms with Crippen molar-refractivity contribution in [2.45, 2.75) is 25.7 Å². The molecular formula is C17H22N4O3S. The normalized spacial score (nSPS) is 15.1. The number of H-pyrrole nitrogens is 1. The Morgan fingerprint density at radius 2 is 2.20 bits per heavy atom. The van der Waals surface area contributed by atoms with Crippen molar-refractivity contribution in [3.05, 3.63) is 23.3 Å². The van der Waals surface area contributed by atoms with Crippen LogP contribution >= 0.6 is 11.3 Å².